The molecule has 0 aliphatic heterocycles. The molecule has 1 aliphatic rings. The molecule has 182 valence electrons. The predicted octanol–water partition coefficient (Wildman–Crippen LogP) is 2.79. The predicted molar refractivity (Wildman–Crippen MR) is 132 cm³/mol. The number of alkyl carbamates (subject to hydrolysis) is 1. The van der Waals surface area contributed by atoms with Gasteiger partial charge in [0.15, 0.2) is 0 Å². The summed E-state index contributed by atoms with van der Waals surface area (Å²) in [5.74, 6) is -0.968. The third-order valence-electron chi connectivity index (χ3n) is 5.70. The number of benzene rings is 2. The molecule has 1 aliphatic carbocycles. The molecule has 3 aromatic rings. The Bertz CT molecular complexity index is 1140. The number of H-pyrrole nitrogens is 1. The second kappa shape index (κ2) is 11.6. The summed E-state index contributed by atoms with van der Waals surface area (Å²) in [6.07, 6.45) is 2.60. The minimum atomic E-state index is -0.907. The monoisotopic (exact) mass is 494 g/mol. The van der Waals surface area contributed by atoms with E-state index in [-0.39, 0.29) is 37.2 Å². The van der Waals surface area contributed by atoms with Crippen LogP contribution in [0.25, 0.3) is 11.1 Å². The fourth-order valence-electron chi connectivity index (χ4n) is 4.14. The highest BCUT2D eigenvalue weighted by Gasteiger charge is 2.30. The first kappa shape index (κ1) is 24.3. The van der Waals surface area contributed by atoms with E-state index in [0.717, 1.165) is 22.3 Å². The molecule has 1 aromatic heterocycles. The van der Waals surface area contributed by atoms with Gasteiger partial charge in [0, 0.05) is 36.5 Å². The Morgan fingerprint density at radius 3 is 2.40 bits per heavy atom. The molecule has 10 heteroatoms. The first-order valence-corrected chi connectivity index (χ1v) is 12.3. The topological polar surface area (TPSA) is 133 Å². The molecule has 0 spiro atoms. The van der Waals surface area contributed by atoms with Crippen molar-refractivity contribution in [3.8, 4) is 11.1 Å². The summed E-state index contributed by atoms with van der Waals surface area (Å²) in [6, 6.07) is 15.2. The molecule has 0 radical (unpaired) electrons. The minimum Gasteiger partial charge on any atom is -0.481 e. The van der Waals surface area contributed by atoms with E-state index < -0.39 is 18.1 Å². The zero-order valence-corrected chi connectivity index (χ0v) is 19.7. The van der Waals surface area contributed by atoms with Gasteiger partial charge in [-0.2, -0.15) is 0 Å². The van der Waals surface area contributed by atoms with Crippen molar-refractivity contribution in [2.45, 2.75) is 18.4 Å². The van der Waals surface area contributed by atoms with E-state index in [1.165, 1.54) is 18.1 Å². The number of ether oxygens (including phenoxy) is 1. The number of nitrogens with zero attached hydrogens (tertiary/aromatic N) is 1. The maximum absolute atomic E-state index is 12.7. The molecule has 0 fully saturated rings. The van der Waals surface area contributed by atoms with Gasteiger partial charge in [-0.05, 0) is 22.3 Å². The highest BCUT2D eigenvalue weighted by Crippen LogP contribution is 2.44. The summed E-state index contributed by atoms with van der Waals surface area (Å²) in [4.78, 5) is 43.0. The number of aromatic amines is 1. The maximum Gasteiger partial charge on any atom is 0.407 e. The summed E-state index contributed by atoms with van der Waals surface area (Å²) in [7, 11) is 0. The molecule has 4 N–H and O–H groups in total. The maximum atomic E-state index is 12.7. The van der Waals surface area contributed by atoms with Crippen molar-refractivity contribution >= 4 is 29.7 Å². The van der Waals surface area contributed by atoms with Crippen LogP contribution >= 0.6 is 11.8 Å². The first-order valence-electron chi connectivity index (χ1n) is 11.2. The largest absolute Gasteiger partial charge is 0.481 e. The van der Waals surface area contributed by atoms with Crippen LogP contribution in [0.1, 0.15) is 22.7 Å². The van der Waals surface area contributed by atoms with E-state index in [1.54, 1.807) is 6.20 Å². The number of aromatic nitrogens is 2. The van der Waals surface area contributed by atoms with Crippen molar-refractivity contribution in [3.05, 3.63) is 77.9 Å². The number of fused-ring (bicyclic) bond motifs is 3. The fourth-order valence-corrected chi connectivity index (χ4v) is 4.70. The summed E-state index contributed by atoms with van der Waals surface area (Å²) in [6.45, 7) is 0.423. The van der Waals surface area contributed by atoms with Gasteiger partial charge in [0.2, 0.25) is 5.91 Å². The van der Waals surface area contributed by atoms with E-state index in [4.69, 9.17) is 9.84 Å². The summed E-state index contributed by atoms with van der Waals surface area (Å²) >= 11 is 1.20. The van der Waals surface area contributed by atoms with Crippen LogP contribution in [0.15, 0.2) is 61.1 Å². The van der Waals surface area contributed by atoms with Crippen LogP contribution in [0.3, 0.4) is 0 Å². The van der Waals surface area contributed by atoms with Gasteiger partial charge >= 0.3 is 12.1 Å². The van der Waals surface area contributed by atoms with Crippen LogP contribution in [0, 0.1) is 0 Å². The Kier molecular flexibility index (Phi) is 8.04. The Morgan fingerprint density at radius 2 is 1.77 bits per heavy atom. The number of thioether (sulfide) groups is 1. The van der Waals surface area contributed by atoms with Gasteiger partial charge in [-0.15, -0.1) is 11.8 Å². The highest BCUT2D eigenvalue weighted by molar-refractivity contribution is 7.99. The average molecular weight is 495 g/mol. The molecule has 4 rings (SSSR count). The van der Waals surface area contributed by atoms with Crippen molar-refractivity contribution in [2.75, 3.05) is 24.7 Å². The number of carbonyl (C=O) groups is 3. The normalized spacial score (nSPS) is 12.9. The second-order valence-corrected chi connectivity index (χ2v) is 9.15. The SMILES string of the molecule is O=C(O)CSCCNC(=O)C(Cc1cnc[nH]1)NC(=O)OCC1c2ccccc2-c2ccccc21. The molecule has 0 bridgehead atoms. The lowest BCUT2D eigenvalue weighted by molar-refractivity contribution is -0.133. The van der Waals surface area contributed by atoms with E-state index in [0.29, 0.717) is 11.4 Å². The van der Waals surface area contributed by atoms with Crippen LogP contribution in [0.5, 0.6) is 0 Å². The van der Waals surface area contributed by atoms with Crippen molar-refractivity contribution in [1.82, 2.24) is 20.6 Å². The van der Waals surface area contributed by atoms with E-state index in [1.807, 2.05) is 36.4 Å². The minimum absolute atomic E-state index is 0.0363. The molecule has 2 aromatic carbocycles. The molecule has 2 amide bonds. The molecule has 9 nitrogen and oxygen atoms in total. The second-order valence-electron chi connectivity index (χ2n) is 8.04. The molecular weight excluding hydrogens is 468 g/mol. The lowest BCUT2D eigenvalue weighted by atomic mass is 9.98. The number of nitrogens with one attached hydrogen (secondary N) is 3. The Labute approximate surface area is 206 Å². The van der Waals surface area contributed by atoms with Gasteiger partial charge in [-0.25, -0.2) is 9.78 Å². The van der Waals surface area contributed by atoms with Gasteiger partial charge in [0.1, 0.15) is 12.6 Å². The number of carbonyl (C=O) groups excluding carboxylic acids is 2. The van der Waals surface area contributed by atoms with Crippen LogP contribution in [0.2, 0.25) is 0 Å². The smallest absolute Gasteiger partial charge is 0.407 e. The number of hydrogen-bond acceptors (Lipinski definition) is 6. The molecule has 1 heterocycles. The van der Waals surface area contributed by atoms with Gasteiger partial charge in [-0.1, -0.05) is 48.5 Å². The first-order chi connectivity index (χ1) is 17.0. The Morgan fingerprint density at radius 1 is 1.09 bits per heavy atom. The lowest BCUT2D eigenvalue weighted by Gasteiger charge is -2.19. The van der Waals surface area contributed by atoms with Gasteiger partial charge in [0.05, 0.1) is 12.1 Å². The highest BCUT2D eigenvalue weighted by atomic mass is 32.2. The number of aliphatic carboxylic acids is 1. The van der Waals surface area contributed by atoms with Crippen LogP contribution in [-0.4, -0.2) is 63.7 Å². The Hall–Kier alpha value is -3.79. The van der Waals surface area contributed by atoms with Crippen molar-refractivity contribution in [2.24, 2.45) is 0 Å². The van der Waals surface area contributed by atoms with Gasteiger partial charge in [0.25, 0.3) is 0 Å². The average Bonchev–Trinajstić information content (AvgIpc) is 3.48. The molecule has 1 unspecified atom stereocenters. The Balaban J connectivity index is 1.36. The van der Waals surface area contributed by atoms with Crippen LogP contribution in [-0.2, 0) is 20.7 Å². The van der Waals surface area contributed by atoms with Gasteiger partial charge < -0.3 is 25.5 Å². The zero-order valence-electron chi connectivity index (χ0n) is 18.9. The zero-order chi connectivity index (χ0) is 24.6. The molecule has 0 saturated carbocycles. The number of imidazole rings is 1. The van der Waals surface area contributed by atoms with Gasteiger partial charge in [-0.3, -0.25) is 9.59 Å². The number of hydrogen-bond donors (Lipinski definition) is 4. The van der Waals surface area contributed by atoms with E-state index in [2.05, 4.69) is 32.7 Å². The third-order valence-corrected chi connectivity index (χ3v) is 6.65. The molecule has 1 atom stereocenters. The third kappa shape index (κ3) is 6.21. The quantitative estimate of drug-likeness (QED) is 0.301. The number of rotatable bonds is 11. The summed E-state index contributed by atoms with van der Waals surface area (Å²) in [5, 5.41) is 14.1. The number of amides is 2. The van der Waals surface area contributed by atoms with E-state index >= 15 is 0 Å². The van der Waals surface area contributed by atoms with Crippen molar-refractivity contribution < 1.29 is 24.2 Å². The lowest BCUT2D eigenvalue weighted by Crippen LogP contribution is -2.48. The van der Waals surface area contributed by atoms with Crippen LogP contribution < -0.4 is 10.6 Å². The summed E-state index contributed by atoms with van der Waals surface area (Å²) in [5.41, 5.74) is 5.16. The summed E-state index contributed by atoms with van der Waals surface area (Å²) < 4.78 is 5.58. The molecule has 0 saturated heterocycles. The standard InChI is InChI=1S/C25H26N4O5S/c30-23(31)14-35-10-9-27-24(32)22(11-16-12-26-15-28-16)29-25(33)34-13-21-19-7-3-1-5-17(19)18-6-2-4-8-20(18)21/h1-8,12,15,21-22H,9-11,13-14H2,(H,26,28)(H,27,32)(H,29,33)(H,30,31). The van der Waals surface area contributed by atoms with E-state index in [9.17, 15) is 14.4 Å². The number of carboxylic acid groups (broad SMARTS) is 1. The van der Waals surface area contributed by atoms with Crippen molar-refractivity contribution in [3.63, 3.8) is 0 Å². The molecule has 35 heavy (non-hydrogen) atoms. The van der Waals surface area contributed by atoms with Crippen molar-refractivity contribution in [1.29, 1.82) is 0 Å². The molecular formula is C25H26N4O5S. The van der Waals surface area contributed by atoms with Crippen LogP contribution in [0.4, 0.5) is 4.79 Å². The number of carboxylic acids is 1. The fraction of sp³-hybridized carbons (Fsp3) is 0.280.